The molecule has 0 saturated carbocycles. The Labute approximate surface area is 666 Å². The molecule has 0 spiro atoms. The molecule has 7 heteroatoms. The molecule has 1 aliphatic rings. The van der Waals surface area contributed by atoms with Crippen molar-refractivity contribution in [2.45, 2.75) is 91.9 Å². The lowest BCUT2D eigenvalue weighted by molar-refractivity contribution is -0.570. The number of furan rings is 1. The summed E-state index contributed by atoms with van der Waals surface area (Å²) in [5, 5.41) is -3.33. The zero-order valence-electron chi connectivity index (χ0n) is 87.2. The molecule has 1 aliphatic heterocycles. The standard InChI is InChI=1S/C100H84N4O2Si/c1-64(2)84-56-68(66-33-15-11-16-34-66)57-85(65(3)4)95(84)104-90-50-29-28-49-89(90)101-98(104)69-53-70(99(5,6)7)58-72(54-69)105-73-61-88-82-47-27-30-52-93(82)106-97(88)92(62-73)102-63-103-94-86(67-35-31-42-77(55-67)107(74-36-17-12-18-37-74,75-38-19-13-20-39-75)76-40-21-14-22-41-76)59-71(100(8,9)10)60-87(94)81-46-26-24-44-79(81)78-43-23-25-45-80(78)83-48-32-51-91(102)96(83)103/h11-62,64-65H,1-10H3/i12D,13D,14D,17D,18D,19D,20D,21D,22D,23D,24D,25D,26D,31D,35D,36D,37D,38D,39D,40D,41D,42D,43D,44D,45D,46D,55D. The molecule has 3 aromatic heterocycles. The molecule has 4 heterocycles. The highest BCUT2D eigenvalue weighted by Gasteiger charge is 2.42. The highest BCUT2D eigenvalue weighted by molar-refractivity contribution is 7.20. The Kier molecular flexibility index (Phi) is 10.6. The van der Waals surface area contributed by atoms with Gasteiger partial charge in [-0.3, -0.25) is 13.7 Å². The molecule has 0 atom stereocenters. The Morgan fingerprint density at radius 3 is 1.63 bits per heavy atom. The Morgan fingerprint density at radius 1 is 0.449 bits per heavy atom. The lowest BCUT2D eigenvalue weighted by Crippen LogP contribution is -2.74. The first-order valence-electron chi connectivity index (χ1n) is 48.9. The van der Waals surface area contributed by atoms with E-state index in [0.717, 1.165) is 44.5 Å². The van der Waals surface area contributed by atoms with E-state index in [2.05, 4.69) is 95.8 Å². The molecule has 0 aliphatic carbocycles. The third-order valence-electron chi connectivity index (χ3n) is 20.2. The summed E-state index contributed by atoms with van der Waals surface area (Å²) in [4.78, 5) is 5.51. The van der Waals surface area contributed by atoms with Crippen LogP contribution in [0.4, 0.5) is 0 Å². The van der Waals surface area contributed by atoms with Crippen molar-refractivity contribution < 1.29 is 50.7 Å². The Balaban J connectivity index is 1.00. The average Bonchev–Trinajstić information content (AvgIpc) is 0.753. The smallest absolute Gasteiger partial charge is 0.270 e. The highest BCUT2D eigenvalue weighted by atomic mass is 28.3. The van der Waals surface area contributed by atoms with Crippen molar-refractivity contribution in [1.82, 2.24) is 14.1 Å². The van der Waals surface area contributed by atoms with Gasteiger partial charge in [0, 0.05) is 16.3 Å². The van der Waals surface area contributed by atoms with Crippen molar-refractivity contribution in [2.24, 2.45) is 0 Å². The SMILES string of the molecule is [2H]c1c([2H])c([2H])c([Si](c2c([2H])c([2H])c([2H])c([2H])c2[2H])(c2c([2H])c([2H])c([2H])c([2H])c2[2H])c2c([2H])c([2H])c([2H])c(-c3cc(C(C)(C)C)cc4c3-[n+]3[c-]n(-c5cc(Oc6cc(-c7nc8ccccc8n7-c7c(C(C)C)cc(-c8ccccc8)cc7C(C)C)cc(C(C)(C)C)c6)cc6c5oc5ccccc56)c5cccc(c53)-c3c([2H])c([2H])c([2H])c([2H])c3-c3c([2H])c([2H])c([2H])c([2H])c3-4)c2[2H])c([2H])c1[2H]. The van der Waals surface area contributed by atoms with Gasteiger partial charge < -0.3 is 9.15 Å². The molecule has 0 fully saturated rings. The third-order valence-corrected chi connectivity index (χ3v) is 24.2. The largest absolute Gasteiger partial charge is 0.460 e. The van der Waals surface area contributed by atoms with Crippen LogP contribution in [-0.2, 0) is 10.8 Å². The molecule has 0 unspecified atom stereocenters. The van der Waals surface area contributed by atoms with Crippen molar-refractivity contribution in [3.05, 3.63) is 343 Å². The van der Waals surface area contributed by atoms with Gasteiger partial charge in [0.2, 0.25) is 0 Å². The fourth-order valence-corrected chi connectivity index (χ4v) is 18.5. The van der Waals surface area contributed by atoms with Crippen LogP contribution in [0, 0.1) is 6.33 Å². The summed E-state index contributed by atoms with van der Waals surface area (Å²) < 4.78 is 286. The van der Waals surface area contributed by atoms with Crippen LogP contribution in [0.5, 0.6) is 11.5 Å². The van der Waals surface area contributed by atoms with Gasteiger partial charge in [0.25, 0.3) is 6.33 Å². The van der Waals surface area contributed by atoms with Crippen molar-refractivity contribution in [3.63, 3.8) is 0 Å². The molecule has 18 rings (SSSR count). The Hall–Kier alpha value is -12.2. The predicted molar refractivity (Wildman–Crippen MR) is 447 cm³/mol. The molecule has 0 radical (unpaired) electrons. The first-order valence-corrected chi connectivity index (χ1v) is 37.4. The summed E-state index contributed by atoms with van der Waals surface area (Å²) in [7, 11) is -6.60. The van der Waals surface area contributed by atoms with E-state index in [-0.39, 0.29) is 67.8 Å². The molecular formula is C100H84N4O2Si. The minimum atomic E-state index is -6.60. The van der Waals surface area contributed by atoms with Crippen LogP contribution < -0.4 is 30.1 Å². The molecule has 0 bridgehead atoms. The Morgan fingerprint density at radius 2 is 0.991 bits per heavy atom. The quantitative estimate of drug-likeness (QED) is 0.0500. The van der Waals surface area contributed by atoms with Crippen LogP contribution in [0.1, 0.15) is 140 Å². The molecule has 0 N–H and O–H groups in total. The van der Waals surface area contributed by atoms with Gasteiger partial charge in [-0.25, -0.2) is 4.98 Å². The second-order valence-corrected chi connectivity index (χ2v) is 33.1. The number of hydrogen-bond donors (Lipinski definition) is 0. The van der Waals surface area contributed by atoms with Crippen molar-refractivity contribution in [1.29, 1.82) is 0 Å². The predicted octanol–water partition coefficient (Wildman–Crippen LogP) is 23.3. The van der Waals surface area contributed by atoms with Crippen LogP contribution in [0.3, 0.4) is 0 Å². The number of benzene rings is 14. The fraction of sp³-hybridized carbons (Fsp3) is 0.140. The number of aromatic nitrogens is 4. The van der Waals surface area contributed by atoms with Gasteiger partial charge in [0.05, 0.1) is 70.5 Å². The summed E-state index contributed by atoms with van der Waals surface area (Å²) in [5.74, 6) is 1.24. The van der Waals surface area contributed by atoms with E-state index in [1.165, 1.54) is 16.7 Å². The van der Waals surface area contributed by atoms with Gasteiger partial charge in [-0.1, -0.05) is 323 Å². The second kappa shape index (κ2) is 26.2. The van der Waals surface area contributed by atoms with E-state index in [9.17, 15) is 32.9 Å². The van der Waals surface area contributed by atoms with E-state index < -0.39 is 231 Å². The molecule has 520 valence electrons. The van der Waals surface area contributed by atoms with Gasteiger partial charge >= 0.3 is 0 Å². The summed E-state index contributed by atoms with van der Waals surface area (Å²) in [6, 6.07) is 18.6. The number of para-hydroxylation sites is 4. The zero-order chi connectivity index (χ0) is 96.5. The van der Waals surface area contributed by atoms with Crippen LogP contribution in [0.15, 0.2) is 319 Å². The highest BCUT2D eigenvalue weighted by Crippen LogP contribution is 2.49. The topological polar surface area (TPSA) is 49.0 Å². The number of rotatable bonds is 13. The molecule has 0 saturated heterocycles. The van der Waals surface area contributed by atoms with Crippen molar-refractivity contribution in [2.75, 3.05) is 0 Å². The van der Waals surface area contributed by atoms with Crippen LogP contribution in [-0.4, -0.2) is 22.2 Å². The molecule has 0 amide bonds. The second-order valence-electron chi connectivity index (χ2n) is 29.6. The van der Waals surface area contributed by atoms with Crippen LogP contribution >= 0.6 is 0 Å². The number of fused-ring (bicyclic) bond motifs is 11. The number of ether oxygens (including phenoxy) is 1. The average molecular weight is 1430 g/mol. The van der Waals surface area contributed by atoms with Crippen LogP contribution in [0.2, 0.25) is 0 Å². The molecule has 107 heavy (non-hydrogen) atoms. The Bertz CT molecular complexity index is 7760. The third kappa shape index (κ3) is 11.4. The van der Waals surface area contributed by atoms with Crippen molar-refractivity contribution >= 4 is 72.8 Å². The maximum atomic E-state index is 11.5. The number of nitrogens with zero attached hydrogens (tertiary/aromatic N) is 4. The van der Waals surface area contributed by atoms with E-state index in [1.54, 1.807) is 61.7 Å². The summed E-state index contributed by atoms with van der Waals surface area (Å²) >= 11 is 0. The van der Waals surface area contributed by atoms with Gasteiger partial charge in [-0.15, -0.1) is 0 Å². The maximum absolute atomic E-state index is 11.5. The van der Waals surface area contributed by atoms with E-state index >= 15 is 0 Å². The van der Waals surface area contributed by atoms with Gasteiger partial charge in [0.1, 0.15) is 34.2 Å². The first-order chi connectivity index (χ1) is 63.2. The first kappa shape index (κ1) is 43.3. The van der Waals surface area contributed by atoms with Crippen molar-refractivity contribution in [3.8, 4) is 95.6 Å². The van der Waals surface area contributed by atoms with Crippen LogP contribution in [0.25, 0.3) is 128 Å². The minimum absolute atomic E-state index is 0.0255. The molecule has 14 aromatic carbocycles. The van der Waals surface area contributed by atoms with Gasteiger partial charge in [0.15, 0.2) is 8.07 Å². The maximum Gasteiger partial charge on any atom is 0.270 e. The number of hydrogen-bond acceptors (Lipinski definition) is 3. The summed E-state index contributed by atoms with van der Waals surface area (Å²) in [6.07, 6.45) is 3.59. The lowest BCUT2D eigenvalue weighted by atomic mass is 9.81. The van der Waals surface area contributed by atoms with E-state index in [4.69, 9.17) is 18.3 Å². The summed E-state index contributed by atoms with van der Waals surface area (Å²) in [5.41, 5.74) is 4.22. The van der Waals surface area contributed by atoms with Gasteiger partial charge in [-0.05, 0) is 182 Å². The fourth-order valence-electron chi connectivity index (χ4n) is 14.9. The van der Waals surface area contributed by atoms with E-state index in [0.29, 0.717) is 33.5 Å². The molecule has 6 nitrogen and oxygen atoms in total. The molecule has 17 aromatic rings. The number of imidazole rings is 2. The summed E-state index contributed by atoms with van der Waals surface area (Å²) in [6.45, 7) is 20.3. The normalized spacial score (nSPS) is 15.9. The van der Waals surface area contributed by atoms with Gasteiger partial charge in [-0.2, -0.15) is 0 Å². The zero-order valence-corrected chi connectivity index (χ0v) is 61.2. The minimum Gasteiger partial charge on any atom is -0.460 e. The monoisotopic (exact) mass is 1430 g/mol. The van der Waals surface area contributed by atoms with E-state index in [1.807, 2.05) is 66.7 Å². The molecular weight excluding hydrogens is 1320 g/mol. The lowest BCUT2D eigenvalue weighted by Gasteiger charge is -2.35.